The second-order valence-corrected chi connectivity index (χ2v) is 9.00. The van der Waals surface area contributed by atoms with Gasteiger partial charge in [0.25, 0.3) is 11.1 Å². The summed E-state index contributed by atoms with van der Waals surface area (Å²) in [7, 11) is 4.02. The lowest BCUT2D eigenvalue weighted by molar-refractivity contribution is -0.113. The predicted molar refractivity (Wildman–Crippen MR) is 129 cm³/mol. The van der Waals surface area contributed by atoms with Crippen LogP contribution in [0.4, 0.5) is 16.2 Å². The minimum atomic E-state index is -0.336. The number of hydrogen-bond acceptors (Lipinski definition) is 4. The van der Waals surface area contributed by atoms with Crippen molar-refractivity contribution < 1.29 is 9.59 Å². The molecule has 1 aliphatic rings. The Morgan fingerprint density at radius 1 is 0.968 bits per heavy atom. The number of carbonyl (C=O) groups excluding carboxylic acids is 2. The van der Waals surface area contributed by atoms with E-state index in [1.807, 2.05) is 34.0 Å². The van der Waals surface area contributed by atoms with Crippen LogP contribution in [0.2, 0.25) is 5.02 Å². The van der Waals surface area contributed by atoms with Crippen LogP contribution >= 0.6 is 23.4 Å². The Labute approximate surface area is 190 Å². The molecule has 2 heterocycles. The van der Waals surface area contributed by atoms with E-state index in [0.717, 1.165) is 40.1 Å². The second kappa shape index (κ2) is 8.29. The zero-order valence-corrected chi connectivity index (χ0v) is 19.3. The summed E-state index contributed by atoms with van der Waals surface area (Å²) in [4.78, 5) is 29.1. The molecule has 31 heavy (non-hydrogen) atoms. The molecular weight excluding hydrogens is 430 g/mol. The monoisotopic (exact) mass is 451 g/mol. The van der Waals surface area contributed by atoms with E-state index in [1.54, 1.807) is 30.3 Å². The molecule has 1 saturated heterocycles. The van der Waals surface area contributed by atoms with Crippen molar-refractivity contribution in [2.75, 3.05) is 23.9 Å². The number of halogens is 1. The van der Waals surface area contributed by atoms with Crippen LogP contribution in [-0.2, 0) is 4.79 Å². The number of thioether (sulfide) groups is 1. The van der Waals surface area contributed by atoms with Gasteiger partial charge in [-0.2, -0.15) is 0 Å². The molecule has 0 spiro atoms. The van der Waals surface area contributed by atoms with Crippen LogP contribution < -0.4 is 9.80 Å². The van der Waals surface area contributed by atoms with Crippen LogP contribution in [-0.4, -0.2) is 29.8 Å². The highest BCUT2D eigenvalue weighted by atomic mass is 35.5. The van der Waals surface area contributed by atoms with Gasteiger partial charge in [0, 0.05) is 41.9 Å². The first-order valence-corrected chi connectivity index (χ1v) is 11.0. The van der Waals surface area contributed by atoms with Crippen molar-refractivity contribution in [1.82, 2.24) is 4.57 Å². The molecule has 0 atom stereocenters. The summed E-state index contributed by atoms with van der Waals surface area (Å²) < 4.78 is 2.15. The highest BCUT2D eigenvalue weighted by Gasteiger charge is 2.36. The SMILES string of the molecule is Cc1cc(/C=C2/SC(=O)N(c3cccc(Cl)c3)C2=O)c(C)n1-c1ccc(N(C)C)cc1. The Kier molecular flexibility index (Phi) is 5.69. The van der Waals surface area contributed by atoms with Crippen molar-refractivity contribution in [3.63, 3.8) is 0 Å². The molecule has 7 heteroatoms. The number of benzene rings is 2. The molecule has 158 valence electrons. The average molecular weight is 452 g/mol. The third-order valence-corrected chi connectivity index (χ3v) is 6.35. The highest BCUT2D eigenvalue weighted by molar-refractivity contribution is 8.19. The minimum absolute atomic E-state index is 0.327. The Morgan fingerprint density at radius 3 is 2.32 bits per heavy atom. The van der Waals surface area contributed by atoms with Gasteiger partial charge in [-0.3, -0.25) is 9.59 Å². The number of imide groups is 1. The van der Waals surface area contributed by atoms with Crippen molar-refractivity contribution in [2.45, 2.75) is 13.8 Å². The molecule has 5 nitrogen and oxygen atoms in total. The lowest BCUT2D eigenvalue weighted by atomic mass is 10.2. The quantitative estimate of drug-likeness (QED) is 0.452. The maximum absolute atomic E-state index is 13.0. The Bertz CT molecular complexity index is 1210. The third-order valence-electron chi connectivity index (χ3n) is 5.24. The number of anilines is 2. The molecule has 0 N–H and O–H groups in total. The molecule has 0 aliphatic carbocycles. The molecule has 1 fully saturated rings. The third kappa shape index (κ3) is 4.01. The fourth-order valence-electron chi connectivity index (χ4n) is 3.68. The fourth-order valence-corrected chi connectivity index (χ4v) is 4.69. The smallest absolute Gasteiger partial charge is 0.298 e. The maximum atomic E-state index is 13.0. The van der Waals surface area contributed by atoms with Crippen LogP contribution in [0.3, 0.4) is 0 Å². The molecule has 2 aromatic carbocycles. The number of hydrogen-bond donors (Lipinski definition) is 0. The number of aryl methyl sites for hydroxylation is 1. The molecule has 0 unspecified atom stereocenters. The van der Waals surface area contributed by atoms with Crippen LogP contribution in [0.5, 0.6) is 0 Å². The summed E-state index contributed by atoms with van der Waals surface area (Å²) in [5.41, 5.74) is 5.61. The summed E-state index contributed by atoms with van der Waals surface area (Å²) in [5.74, 6) is -0.336. The van der Waals surface area contributed by atoms with Crippen LogP contribution in [0, 0.1) is 13.8 Å². The summed E-state index contributed by atoms with van der Waals surface area (Å²) in [6.07, 6.45) is 1.79. The van der Waals surface area contributed by atoms with Crippen molar-refractivity contribution in [3.8, 4) is 5.69 Å². The van der Waals surface area contributed by atoms with E-state index < -0.39 is 0 Å². The number of aromatic nitrogens is 1. The van der Waals surface area contributed by atoms with Gasteiger partial charge < -0.3 is 9.47 Å². The average Bonchev–Trinajstić information content (AvgIpc) is 3.16. The summed E-state index contributed by atoms with van der Waals surface area (Å²) in [6.45, 7) is 4.04. The molecule has 2 amide bonds. The summed E-state index contributed by atoms with van der Waals surface area (Å²) >= 11 is 6.98. The zero-order valence-electron chi connectivity index (χ0n) is 17.7. The normalized spacial score (nSPS) is 15.3. The maximum Gasteiger partial charge on any atom is 0.298 e. The van der Waals surface area contributed by atoms with Crippen LogP contribution in [0.25, 0.3) is 11.8 Å². The molecule has 3 aromatic rings. The van der Waals surface area contributed by atoms with Gasteiger partial charge in [-0.05, 0) is 85.8 Å². The molecule has 0 saturated carbocycles. The van der Waals surface area contributed by atoms with Crippen LogP contribution in [0.15, 0.2) is 59.5 Å². The standard InChI is InChI=1S/C24H22ClN3O2S/c1-15-12-17(16(2)27(15)20-10-8-19(9-11-20)26(3)4)13-22-23(29)28(24(30)31-22)21-7-5-6-18(25)14-21/h5-14H,1-4H3/b22-13+. The highest BCUT2D eigenvalue weighted by Crippen LogP contribution is 2.37. The Hall–Kier alpha value is -2.96. The number of nitrogens with zero attached hydrogens (tertiary/aromatic N) is 3. The number of amides is 2. The second-order valence-electron chi connectivity index (χ2n) is 7.57. The molecule has 1 aliphatic heterocycles. The topological polar surface area (TPSA) is 45.6 Å². The molecule has 1 aromatic heterocycles. The van der Waals surface area contributed by atoms with E-state index in [2.05, 4.69) is 33.7 Å². The lowest BCUT2D eigenvalue weighted by Gasteiger charge is -2.15. The van der Waals surface area contributed by atoms with E-state index in [1.165, 1.54) is 4.90 Å². The van der Waals surface area contributed by atoms with Gasteiger partial charge in [-0.15, -0.1) is 0 Å². The van der Waals surface area contributed by atoms with Crippen molar-refractivity contribution >= 4 is 52.0 Å². The van der Waals surface area contributed by atoms with Gasteiger partial charge in [0.1, 0.15) is 0 Å². The largest absolute Gasteiger partial charge is 0.378 e. The minimum Gasteiger partial charge on any atom is -0.378 e. The predicted octanol–water partition coefficient (Wildman–Crippen LogP) is 6.05. The van der Waals surface area contributed by atoms with Gasteiger partial charge in [-0.25, -0.2) is 4.90 Å². The van der Waals surface area contributed by atoms with E-state index in [-0.39, 0.29) is 11.1 Å². The summed E-state index contributed by atoms with van der Waals surface area (Å²) in [6, 6.07) is 17.1. The van der Waals surface area contributed by atoms with Crippen molar-refractivity contribution in [2.24, 2.45) is 0 Å². The molecule has 0 radical (unpaired) electrons. The van der Waals surface area contributed by atoms with E-state index in [4.69, 9.17) is 11.6 Å². The molecular formula is C24H22ClN3O2S. The van der Waals surface area contributed by atoms with Gasteiger partial charge >= 0.3 is 0 Å². The Balaban J connectivity index is 1.67. The van der Waals surface area contributed by atoms with Crippen molar-refractivity contribution in [3.05, 3.63) is 81.5 Å². The van der Waals surface area contributed by atoms with Crippen molar-refractivity contribution in [1.29, 1.82) is 0 Å². The Morgan fingerprint density at radius 2 is 1.68 bits per heavy atom. The van der Waals surface area contributed by atoms with E-state index in [9.17, 15) is 9.59 Å². The molecule has 4 rings (SSSR count). The van der Waals surface area contributed by atoms with E-state index >= 15 is 0 Å². The van der Waals surface area contributed by atoms with Crippen LogP contribution in [0.1, 0.15) is 17.0 Å². The summed E-state index contributed by atoms with van der Waals surface area (Å²) in [5, 5.41) is 0.149. The first-order chi connectivity index (χ1) is 14.8. The van der Waals surface area contributed by atoms with Gasteiger partial charge in [-0.1, -0.05) is 17.7 Å². The fraction of sp³-hybridized carbons (Fsp3) is 0.167. The first-order valence-electron chi connectivity index (χ1n) is 9.76. The molecule has 0 bridgehead atoms. The number of carbonyl (C=O) groups is 2. The van der Waals surface area contributed by atoms with Gasteiger partial charge in [0.05, 0.1) is 10.6 Å². The van der Waals surface area contributed by atoms with Gasteiger partial charge in [0.15, 0.2) is 0 Å². The lowest BCUT2D eigenvalue weighted by Crippen LogP contribution is -2.27. The van der Waals surface area contributed by atoms with Gasteiger partial charge in [0.2, 0.25) is 0 Å². The number of rotatable bonds is 4. The first kappa shape index (κ1) is 21.3. The zero-order chi connectivity index (χ0) is 22.3. The van der Waals surface area contributed by atoms with E-state index in [0.29, 0.717) is 15.6 Å².